The van der Waals surface area contributed by atoms with Crippen molar-refractivity contribution in [2.24, 2.45) is 0 Å². The lowest BCUT2D eigenvalue weighted by Gasteiger charge is -2.26. The monoisotopic (exact) mass is 275 g/mol. The molecule has 0 spiro atoms. The van der Waals surface area contributed by atoms with Gasteiger partial charge >= 0.3 is 0 Å². The van der Waals surface area contributed by atoms with Crippen molar-refractivity contribution in [3.05, 3.63) is 59.7 Å². The number of nitrogens with one attached hydrogen (secondary N) is 1. The average Bonchev–Trinajstić information content (AvgIpc) is 2.48. The Bertz CT molecular complexity index is 673. The highest BCUT2D eigenvalue weighted by Crippen LogP contribution is 2.29. The Kier molecular flexibility index (Phi) is 3.10. The van der Waals surface area contributed by atoms with Crippen LogP contribution in [0.5, 0.6) is 5.75 Å². The zero-order valence-electron chi connectivity index (χ0n) is 10.4. The van der Waals surface area contributed by atoms with E-state index >= 15 is 0 Å². The summed E-state index contributed by atoms with van der Waals surface area (Å²) < 4.78 is 32.3. The molecule has 0 saturated heterocycles. The number of carbonyl (C=O) groups excluding carboxylic acids is 1. The summed E-state index contributed by atoms with van der Waals surface area (Å²) in [5, 5.41) is 3.04. The van der Waals surface area contributed by atoms with Crippen LogP contribution in [0.2, 0.25) is 0 Å². The van der Waals surface area contributed by atoms with Crippen LogP contribution < -0.4 is 10.1 Å². The number of benzene rings is 2. The number of ketones is 1. The quantitative estimate of drug-likeness (QED) is 0.856. The van der Waals surface area contributed by atoms with E-state index in [9.17, 15) is 13.6 Å². The Morgan fingerprint density at radius 2 is 2.00 bits per heavy atom. The summed E-state index contributed by atoms with van der Waals surface area (Å²) in [7, 11) is 0. The van der Waals surface area contributed by atoms with Crippen LogP contribution in [0.3, 0.4) is 0 Å². The van der Waals surface area contributed by atoms with Crippen LogP contribution in [0.15, 0.2) is 42.5 Å². The fourth-order valence-corrected chi connectivity index (χ4v) is 2.12. The molecule has 3 nitrogen and oxygen atoms in total. The zero-order chi connectivity index (χ0) is 14.1. The van der Waals surface area contributed by atoms with Gasteiger partial charge in [0.2, 0.25) is 5.78 Å². The van der Waals surface area contributed by atoms with E-state index in [1.54, 1.807) is 12.1 Å². The van der Waals surface area contributed by atoms with E-state index in [1.165, 1.54) is 0 Å². The topological polar surface area (TPSA) is 38.3 Å². The summed E-state index contributed by atoms with van der Waals surface area (Å²) in [6.07, 6.45) is -0.874. The van der Waals surface area contributed by atoms with Crippen molar-refractivity contribution in [3.63, 3.8) is 0 Å². The van der Waals surface area contributed by atoms with Gasteiger partial charge in [0.15, 0.2) is 6.10 Å². The van der Waals surface area contributed by atoms with Crippen molar-refractivity contribution in [2.75, 3.05) is 11.9 Å². The van der Waals surface area contributed by atoms with Crippen LogP contribution in [-0.4, -0.2) is 18.4 Å². The van der Waals surface area contributed by atoms with E-state index in [1.807, 2.05) is 12.1 Å². The lowest BCUT2D eigenvalue weighted by Crippen LogP contribution is -2.38. The predicted octanol–water partition coefficient (Wildman–Crippen LogP) is 3.02. The molecule has 20 heavy (non-hydrogen) atoms. The second-order valence-corrected chi connectivity index (χ2v) is 4.47. The van der Waals surface area contributed by atoms with Crippen LogP contribution in [0.4, 0.5) is 14.5 Å². The third-order valence-electron chi connectivity index (χ3n) is 3.12. The molecule has 3 rings (SSSR count). The molecule has 0 fully saturated rings. The fraction of sp³-hybridized carbons (Fsp3) is 0.133. The van der Waals surface area contributed by atoms with E-state index in [0.717, 1.165) is 23.9 Å². The molecule has 0 saturated carbocycles. The Morgan fingerprint density at radius 1 is 1.20 bits per heavy atom. The first-order valence-electron chi connectivity index (χ1n) is 6.14. The van der Waals surface area contributed by atoms with Crippen LogP contribution in [-0.2, 0) is 0 Å². The average molecular weight is 275 g/mol. The second kappa shape index (κ2) is 4.92. The van der Waals surface area contributed by atoms with Gasteiger partial charge in [-0.15, -0.1) is 0 Å². The Morgan fingerprint density at radius 3 is 2.85 bits per heavy atom. The van der Waals surface area contributed by atoms with Crippen molar-refractivity contribution in [1.82, 2.24) is 0 Å². The highest BCUT2D eigenvalue weighted by Gasteiger charge is 2.28. The predicted molar refractivity (Wildman–Crippen MR) is 70.0 cm³/mol. The minimum Gasteiger partial charge on any atom is -0.478 e. The van der Waals surface area contributed by atoms with Crippen molar-refractivity contribution < 1.29 is 18.3 Å². The molecule has 1 aliphatic heterocycles. The minimum absolute atomic E-state index is 0.214. The smallest absolute Gasteiger partial charge is 0.208 e. The number of anilines is 1. The standard InChI is InChI=1S/C15H11F2NO2/c16-9-5-6-11(17)10(7-9)15(19)14-8-18-12-3-1-2-4-13(12)20-14/h1-7,14,18H,8H2. The Hall–Kier alpha value is -2.43. The SMILES string of the molecule is O=C(c1cc(F)ccc1F)C1CNc2ccccc2O1. The van der Waals surface area contributed by atoms with Crippen molar-refractivity contribution >= 4 is 11.5 Å². The molecule has 1 N–H and O–H groups in total. The van der Waals surface area contributed by atoms with Gasteiger partial charge in [-0.1, -0.05) is 12.1 Å². The van der Waals surface area contributed by atoms with Gasteiger partial charge in [-0.05, 0) is 30.3 Å². The number of hydrogen-bond donors (Lipinski definition) is 1. The number of hydrogen-bond acceptors (Lipinski definition) is 3. The van der Waals surface area contributed by atoms with Crippen molar-refractivity contribution in [3.8, 4) is 5.75 Å². The first-order valence-corrected chi connectivity index (χ1v) is 6.14. The molecule has 0 aliphatic carbocycles. The highest BCUT2D eigenvalue weighted by molar-refractivity contribution is 6.00. The van der Waals surface area contributed by atoms with E-state index < -0.39 is 23.5 Å². The van der Waals surface area contributed by atoms with Gasteiger partial charge in [0.25, 0.3) is 0 Å². The van der Waals surface area contributed by atoms with E-state index in [4.69, 9.17) is 4.74 Å². The molecular formula is C15H11F2NO2. The molecule has 1 atom stereocenters. The molecule has 0 amide bonds. The van der Waals surface area contributed by atoms with Crippen molar-refractivity contribution in [2.45, 2.75) is 6.10 Å². The fourth-order valence-electron chi connectivity index (χ4n) is 2.12. The summed E-state index contributed by atoms with van der Waals surface area (Å²) in [5.41, 5.74) is 0.479. The molecule has 1 unspecified atom stereocenters. The first-order chi connectivity index (χ1) is 9.65. The zero-order valence-corrected chi connectivity index (χ0v) is 10.4. The molecule has 102 valence electrons. The number of Topliss-reactive ketones (excluding diaryl/α,β-unsaturated/α-hetero) is 1. The molecule has 5 heteroatoms. The van der Waals surface area contributed by atoms with Crippen LogP contribution in [0.25, 0.3) is 0 Å². The summed E-state index contributed by atoms with van der Waals surface area (Å²) in [6.45, 7) is 0.214. The van der Waals surface area contributed by atoms with Gasteiger partial charge in [0, 0.05) is 0 Å². The minimum atomic E-state index is -0.874. The lowest BCUT2D eigenvalue weighted by molar-refractivity contribution is 0.0796. The second-order valence-electron chi connectivity index (χ2n) is 4.47. The first kappa shape index (κ1) is 12.6. The number of carbonyl (C=O) groups is 1. The van der Waals surface area contributed by atoms with Gasteiger partial charge in [0.1, 0.15) is 17.4 Å². The van der Waals surface area contributed by atoms with E-state index in [-0.39, 0.29) is 12.1 Å². The van der Waals surface area contributed by atoms with Crippen LogP contribution in [0.1, 0.15) is 10.4 Å². The molecule has 0 radical (unpaired) electrons. The van der Waals surface area contributed by atoms with Gasteiger partial charge in [-0.3, -0.25) is 4.79 Å². The number of fused-ring (bicyclic) bond motifs is 1. The van der Waals surface area contributed by atoms with Crippen LogP contribution >= 0.6 is 0 Å². The summed E-state index contributed by atoms with van der Waals surface area (Å²) >= 11 is 0. The molecule has 2 aromatic rings. The highest BCUT2D eigenvalue weighted by atomic mass is 19.1. The van der Waals surface area contributed by atoms with Crippen molar-refractivity contribution in [1.29, 1.82) is 0 Å². The molecule has 1 heterocycles. The van der Waals surface area contributed by atoms with Gasteiger partial charge < -0.3 is 10.1 Å². The Labute approximate surface area is 114 Å². The maximum atomic E-state index is 13.6. The van der Waals surface area contributed by atoms with E-state index in [2.05, 4.69) is 5.32 Å². The van der Waals surface area contributed by atoms with Crippen LogP contribution in [0, 0.1) is 11.6 Å². The number of ether oxygens (including phenoxy) is 1. The molecule has 2 aromatic carbocycles. The van der Waals surface area contributed by atoms with Gasteiger partial charge in [-0.2, -0.15) is 0 Å². The number of halogens is 2. The van der Waals surface area contributed by atoms with Gasteiger partial charge in [-0.25, -0.2) is 8.78 Å². The molecule has 1 aliphatic rings. The molecule has 0 bridgehead atoms. The van der Waals surface area contributed by atoms with Gasteiger partial charge in [0.05, 0.1) is 17.8 Å². The summed E-state index contributed by atoms with van der Waals surface area (Å²) in [5.74, 6) is -1.46. The molecule has 0 aromatic heterocycles. The van der Waals surface area contributed by atoms with E-state index in [0.29, 0.717) is 5.75 Å². The third kappa shape index (κ3) is 2.22. The number of para-hydroxylation sites is 2. The molecular weight excluding hydrogens is 264 g/mol. The third-order valence-corrected chi connectivity index (χ3v) is 3.12. The Balaban J connectivity index is 1.88. The normalized spacial score (nSPS) is 16.8. The maximum Gasteiger partial charge on any atom is 0.208 e. The summed E-state index contributed by atoms with van der Waals surface area (Å²) in [6, 6.07) is 9.94. The lowest BCUT2D eigenvalue weighted by atomic mass is 10.0. The largest absolute Gasteiger partial charge is 0.478 e. The maximum absolute atomic E-state index is 13.6. The number of rotatable bonds is 2. The summed E-state index contributed by atoms with van der Waals surface area (Å²) in [4.78, 5) is 12.2.